The molecule has 1 heterocycles. The van der Waals surface area contributed by atoms with Crippen LogP contribution in [0.1, 0.15) is 25.7 Å². The highest BCUT2D eigenvalue weighted by atomic mass is 35.5. The molecule has 4 aliphatic rings. The molecule has 4 fully saturated rings. The maximum absolute atomic E-state index is 3.47. The fourth-order valence-corrected chi connectivity index (χ4v) is 3.22. The molecule has 0 radical (unpaired) electrons. The summed E-state index contributed by atoms with van der Waals surface area (Å²) in [6.07, 6.45) is 6.21. The smallest absolute Gasteiger partial charge is 0.00147 e. The first kappa shape index (κ1) is 7.88. The second-order valence-electron chi connectivity index (χ2n) is 4.53. The molecular formula is C9H16ClN. The minimum atomic E-state index is 0. The summed E-state index contributed by atoms with van der Waals surface area (Å²) in [4.78, 5) is 0. The van der Waals surface area contributed by atoms with Gasteiger partial charge in [0.25, 0.3) is 0 Å². The van der Waals surface area contributed by atoms with Crippen molar-refractivity contribution in [1.29, 1.82) is 0 Å². The fraction of sp³-hybridized carbons (Fsp3) is 1.00. The molecule has 3 aliphatic carbocycles. The molecule has 1 aliphatic heterocycles. The van der Waals surface area contributed by atoms with E-state index in [9.17, 15) is 0 Å². The highest BCUT2D eigenvalue weighted by Crippen LogP contribution is 2.68. The summed E-state index contributed by atoms with van der Waals surface area (Å²) in [5.74, 6) is 2.23. The highest BCUT2D eigenvalue weighted by Gasteiger charge is 2.60. The summed E-state index contributed by atoms with van der Waals surface area (Å²) in [6.45, 7) is 2.61. The van der Waals surface area contributed by atoms with E-state index in [0.29, 0.717) is 0 Å². The van der Waals surface area contributed by atoms with Gasteiger partial charge in [0.1, 0.15) is 0 Å². The van der Waals surface area contributed by atoms with Gasteiger partial charge in [-0.2, -0.15) is 0 Å². The van der Waals surface area contributed by atoms with Crippen molar-refractivity contribution >= 4 is 12.4 Å². The number of halogens is 1. The zero-order chi connectivity index (χ0) is 6.60. The van der Waals surface area contributed by atoms with Crippen LogP contribution in [-0.4, -0.2) is 13.1 Å². The van der Waals surface area contributed by atoms with Crippen molar-refractivity contribution in [2.45, 2.75) is 25.7 Å². The highest BCUT2D eigenvalue weighted by molar-refractivity contribution is 5.85. The molecule has 1 unspecified atom stereocenters. The second-order valence-corrected chi connectivity index (χ2v) is 4.53. The van der Waals surface area contributed by atoms with E-state index in [2.05, 4.69) is 5.32 Å². The van der Waals surface area contributed by atoms with Gasteiger partial charge in [-0.05, 0) is 56.0 Å². The van der Waals surface area contributed by atoms with E-state index in [1.807, 2.05) is 0 Å². The van der Waals surface area contributed by atoms with Gasteiger partial charge >= 0.3 is 0 Å². The monoisotopic (exact) mass is 173 g/mol. The van der Waals surface area contributed by atoms with Gasteiger partial charge in [-0.15, -0.1) is 12.4 Å². The van der Waals surface area contributed by atoms with Crippen molar-refractivity contribution in [2.24, 2.45) is 17.3 Å². The van der Waals surface area contributed by atoms with Gasteiger partial charge in [0.15, 0.2) is 0 Å². The summed E-state index contributed by atoms with van der Waals surface area (Å²) in [6, 6.07) is 0. The van der Waals surface area contributed by atoms with Gasteiger partial charge in [-0.1, -0.05) is 0 Å². The average molecular weight is 174 g/mol. The van der Waals surface area contributed by atoms with E-state index in [1.165, 1.54) is 25.4 Å². The first-order valence-electron chi connectivity index (χ1n) is 4.60. The van der Waals surface area contributed by atoms with Crippen molar-refractivity contribution in [3.05, 3.63) is 0 Å². The minimum Gasteiger partial charge on any atom is -0.316 e. The summed E-state index contributed by atoms with van der Waals surface area (Å²) >= 11 is 0. The zero-order valence-corrected chi connectivity index (χ0v) is 7.62. The van der Waals surface area contributed by atoms with Gasteiger partial charge in [0.2, 0.25) is 0 Å². The van der Waals surface area contributed by atoms with Gasteiger partial charge in [0, 0.05) is 0 Å². The summed E-state index contributed by atoms with van der Waals surface area (Å²) < 4.78 is 0. The minimum absolute atomic E-state index is 0. The Bertz CT molecular complexity index is 146. The fourth-order valence-electron chi connectivity index (χ4n) is 3.22. The first-order valence-corrected chi connectivity index (χ1v) is 4.60. The molecule has 3 saturated carbocycles. The van der Waals surface area contributed by atoms with Crippen molar-refractivity contribution in [3.8, 4) is 0 Å². The molecule has 4 rings (SSSR count). The van der Waals surface area contributed by atoms with Crippen LogP contribution in [0, 0.1) is 17.3 Å². The van der Waals surface area contributed by atoms with Crippen LogP contribution in [0.3, 0.4) is 0 Å². The van der Waals surface area contributed by atoms with E-state index >= 15 is 0 Å². The van der Waals surface area contributed by atoms with Gasteiger partial charge in [-0.3, -0.25) is 0 Å². The van der Waals surface area contributed by atoms with E-state index in [4.69, 9.17) is 0 Å². The molecule has 2 heteroatoms. The second kappa shape index (κ2) is 2.37. The van der Waals surface area contributed by atoms with Crippen LogP contribution in [0.4, 0.5) is 0 Å². The van der Waals surface area contributed by atoms with Crippen LogP contribution in [0.5, 0.6) is 0 Å². The maximum Gasteiger partial charge on any atom is -0.00147 e. The molecule has 1 N–H and O–H groups in total. The number of nitrogens with one attached hydrogen (secondary N) is 1. The van der Waals surface area contributed by atoms with Crippen LogP contribution in [-0.2, 0) is 0 Å². The average Bonchev–Trinajstić information content (AvgIpc) is 2.06. The topological polar surface area (TPSA) is 12.0 Å². The summed E-state index contributed by atoms with van der Waals surface area (Å²) in [5.41, 5.74) is 0.883. The Morgan fingerprint density at radius 1 is 1.18 bits per heavy atom. The van der Waals surface area contributed by atoms with Crippen molar-refractivity contribution < 1.29 is 0 Å². The van der Waals surface area contributed by atoms with E-state index < -0.39 is 0 Å². The van der Waals surface area contributed by atoms with Gasteiger partial charge in [0.05, 0.1) is 0 Å². The number of rotatable bonds is 1. The Morgan fingerprint density at radius 2 is 1.91 bits per heavy atom. The van der Waals surface area contributed by atoms with Crippen LogP contribution in [0.25, 0.3) is 0 Å². The maximum atomic E-state index is 3.47. The number of hydrogen-bond donors (Lipinski definition) is 1. The molecule has 2 bridgehead atoms. The Hall–Kier alpha value is 0.250. The predicted molar refractivity (Wildman–Crippen MR) is 48.0 cm³/mol. The van der Waals surface area contributed by atoms with E-state index in [0.717, 1.165) is 11.3 Å². The third-order valence-electron chi connectivity index (χ3n) is 4.01. The summed E-state index contributed by atoms with van der Waals surface area (Å²) in [5, 5.41) is 3.47. The van der Waals surface area contributed by atoms with Crippen LogP contribution in [0.2, 0.25) is 0 Å². The first-order chi connectivity index (χ1) is 4.89. The molecule has 64 valence electrons. The molecule has 1 saturated heterocycles. The van der Waals surface area contributed by atoms with E-state index in [1.54, 1.807) is 19.3 Å². The lowest BCUT2D eigenvalue weighted by Crippen LogP contribution is -2.56. The van der Waals surface area contributed by atoms with Crippen LogP contribution >= 0.6 is 12.4 Å². The molecule has 0 aromatic rings. The van der Waals surface area contributed by atoms with Crippen LogP contribution in [0.15, 0.2) is 0 Å². The van der Waals surface area contributed by atoms with Crippen molar-refractivity contribution in [3.63, 3.8) is 0 Å². The third kappa shape index (κ3) is 0.874. The third-order valence-corrected chi connectivity index (χ3v) is 4.01. The summed E-state index contributed by atoms with van der Waals surface area (Å²) in [7, 11) is 0. The molecule has 1 atom stereocenters. The number of hydrogen-bond acceptors (Lipinski definition) is 1. The Labute approximate surface area is 74.3 Å². The molecule has 0 amide bonds. The Kier molecular flexibility index (Phi) is 1.69. The lowest BCUT2D eigenvalue weighted by Gasteiger charge is -2.65. The molecule has 1 nitrogen and oxygen atoms in total. The molecule has 11 heavy (non-hydrogen) atoms. The SMILES string of the molecule is C1CC(C23CC(C2)C3)CN1.Cl. The molecular weight excluding hydrogens is 158 g/mol. The van der Waals surface area contributed by atoms with Crippen molar-refractivity contribution in [2.75, 3.05) is 13.1 Å². The van der Waals surface area contributed by atoms with Crippen LogP contribution < -0.4 is 5.32 Å². The Balaban J connectivity index is 0.000000480. The largest absolute Gasteiger partial charge is 0.316 e. The lowest BCUT2D eigenvalue weighted by atomic mass is 9.40. The van der Waals surface area contributed by atoms with E-state index in [-0.39, 0.29) is 12.4 Å². The Morgan fingerprint density at radius 3 is 2.27 bits per heavy atom. The molecule has 0 spiro atoms. The standard InChI is InChI=1S/C9H15N.ClH/c1-2-10-6-8(1)9-3-7(4-9)5-9;/h7-8,10H,1-6H2;1H. The predicted octanol–water partition coefficient (Wildman–Crippen LogP) is 1.82. The molecule has 0 aromatic carbocycles. The lowest BCUT2D eigenvalue weighted by molar-refractivity contribution is -0.145. The quantitative estimate of drug-likeness (QED) is 0.638. The molecule has 0 aromatic heterocycles. The van der Waals surface area contributed by atoms with Crippen molar-refractivity contribution in [1.82, 2.24) is 5.32 Å². The normalized spacial score (nSPS) is 52.4. The van der Waals surface area contributed by atoms with Gasteiger partial charge in [-0.25, -0.2) is 0 Å². The zero-order valence-electron chi connectivity index (χ0n) is 6.81. The van der Waals surface area contributed by atoms with Gasteiger partial charge < -0.3 is 5.32 Å².